The Bertz CT molecular complexity index is 806. The van der Waals surface area contributed by atoms with Crippen LogP contribution in [0.1, 0.15) is 23.2 Å². The van der Waals surface area contributed by atoms with Crippen LogP contribution in [0, 0.1) is 0 Å². The Morgan fingerprint density at radius 3 is 1.47 bits per heavy atom. The lowest BCUT2D eigenvalue weighted by Crippen LogP contribution is -2.30. The fourth-order valence-electron chi connectivity index (χ4n) is 3.63. The number of amidine groups is 2. The molecule has 2 aromatic rings. The zero-order valence-corrected chi connectivity index (χ0v) is 18.3. The van der Waals surface area contributed by atoms with Crippen LogP contribution in [0.4, 0.5) is 0 Å². The van der Waals surface area contributed by atoms with E-state index in [-0.39, 0.29) is 25.3 Å². The van der Waals surface area contributed by atoms with Crippen LogP contribution in [0.2, 0.25) is 0 Å². The molecule has 2 unspecified atom stereocenters. The largest absolute Gasteiger partial charge is 0.395 e. The Morgan fingerprint density at radius 2 is 1.10 bits per heavy atom. The van der Waals surface area contributed by atoms with Gasteiger partial charge in [0.05, 0.1) is 25.3 Å². The minimum Gasteiger partial charge on any atom is -0.395 e. The van der Waals surface area contributed by atoms with Gasteiger partial charge in [-0.1, -0.05) is 60.7 Å². The van der Waals surface area contributed by atoms with E-state index in [2.05, 4.69) is 34.1 Å². The topological polar surface area (TPSA) is 71.7 Å². The van der Waals surface area contributed by atoms with Crippen LogP contribution in [0.15, 0.2) is 70.6 Å². The van der Waals surface area contributed by atoms with Crippen molar-refractivity contribution in [3.8, 4) is 0 Å². The van der Waals surface area contributed by atoms with Crippen LogP contribution in [-0.2, 0) is 0 Å². The molecule has 2 atom stereocenters. The highest BCUT2D eigenvalue weighted by molar-refractivity contribution is 8.87. The third-order valence-corrected chi connectivity index (χ3v) is 7.41. The molecule has 30 heavy (non-hydrogen) atoms. The molecule has 2 heterocycles. The number of aliphatic imine (C=N–C) groups is 2. The molecule has 0 fully saturated rings. The summed E-state index contributed by atoms with van der Waals surface area (Å²) in [5, 5.41) is 20.8. The number of benzene rings is 2. The maximum Gasteiger partial charge on any atom is 0.171 e. The van der Waals surface area contributed by atoms with E-state index in [0.717, 1.165) is 23.4 Å². The third kappa shape index (κ3) is 5.00. The van der Waals surface area contributed by atoms with E-state index in [0.29, 0.717) is 13.1 Å². The molecule has 158 valence electrons. The first-order chi connectivity index (χ1) is 14.8. The van der Waals surface area contributed by atoms with Crippen LogP contribution < -0.4 is 0 Å². The first kappa shape index (κ1) is 21.2. The zero-order valence-electron chi connectivity index (χ0n) is 16.7. The fourth-order valence-corrected chi connectivity index (χ4v) is 6.00. The molecule has 6 nitrogen and oxygen atoms in total. The summed E-state index contributed by atoms with van der Waals surface area (Å²) in [7, 11) is 3.16. The van der Waals surface area contributed by atoms with E-state index in [1.54, 1.807) is 21.6 Å². The molecule has 0 aliphatic carbocycles. The summed E-state index contributed by atoms with van der Waals surface area (Å²) in [6.45, 7) is 2.86. The van der Waals surface area contributed by atoms with Crippen LogP contribution in [0.25, 0.3) is 0 Å². The van der Waals surface area contributed by atoms with Crippen molar-refractivity contribution < 1.29 is 10.2 Å². The summed E-state index contributed by atoms with van der Waals surface area (Å²) in [4.78, 5) is 14.1. The van der Waals surface area contributed by atoms with Crippen molar-refractivity contribution >= 4 is 31.9 Å². The smallest absolute Gasteiger partial charge is 0.171 e. The quantitative estimate of drug-likeness (QED) is 0.670. The van der Waals surface area contributed by atoms with Gasteiger partial charge in [-0.2, -0.15) is 0 Å². The molecule has 2 N–H and O–H groups in total. The monoisotopic (exact) mass is 442 g/mol. The highest BCUT2D eigenvalue weighted by atomic mass is 33.1. The van der Waals surface area contributed by atoms with E-state index in [1.807, 2.05) is 36.4 Å². The minimum atomic E-state index is 0.0805. The second kappa shape index (κ2) is 10.3. The standard InChI is InChI=1S/C22H26N4O2S2/c27-13-11-25-15-19(17-7-3-1-4-8-17)23-21(25)29-30-22-24-20(16-26(22)12-14-28)18-9-5-2-6-10-18/h1-10,19-20,27-28H,11-16H2. The molecule has 8 heteroatoms. The molecule has 4 rings (SSSR count). The van der Waals surface area contributed by atoms with Gasteiger partial charge in [-0.05, 0) is 32.7 Å². The number of rotatable bonds is 6. The van der Waals surface area contributed by atoms with Crippen molar-refractivity contribution in [2.24, 2.45) is 9.98 Å². The highest BCUT2D eigenvalue weighted by Crippen LogP contribution is 2.38. The number of β-amino-alcohol motifs (C(OH)–C–C–N with tert-alkyl or cyclic N) is 2. The molecule has 0 amide bonds. The van der Waals surface area contributed by atoms with E-state index >= 15 is 0 Å². The summed E-state index contributed by atoms with van der Waals surface area (Å²) in [5.74, 6) is 0. The molecule has 0 aromatic heterocycles. The van der Waals surface area contributed by atoms with Gasteiger partial charge in [0.25, 0.3) is 0 Å². The summed E-state index contributed by atoms with van der Waals surface area (Å²) >= 11 is 0. The Labute approximate surface area is 185 Å². The summed E-state index contributed by atoms with van der Waals surface area (Å²) < 4.78 is 0. The van der Waals surface area contributed by atoms with Crippen molar-refractivity contribution in [2.75, 3.05) is 39.4 Å². The van der Waals surface area contributed by atoms with Gasteiger partial charge in [0, 0.05) is 26.2 Å². The number of aliphatic hydroxyl groups is 2. The highest BCUT2D eigenvalue weighted by Gasteiger charge is 2.30. The number of aliphatic hydroxyl groups excluding tert-OH is 2. The van der Waals surface area contributed by atoms with Crippen LogP contribution in [0.5, 0.6) is 0 Å². The first-order valence-electron chi connectivity index (χ1n) is 10.1. The second-order valence-corrected chi connectivity index (χ2v) is 9.25. The van der Waals surface area contributed by atoms with E-state index in [4.69, 9.17) is 9.98 Å². The Hall–Kier alpha value is -2.00. The Kier molecular flexibility index (Phi) is 7.33. The lowest BCUT2D eigenvalue weighted by atomic mass is 10.1. The average Bonchev–Trinajstić information content (AvgIpc) is 3.38. The van der Waals surface area contributed by atoms with E-state index < -0.39 is 0 Å². The maximum absolute atomic E-state index is 9.48. The molecule has 0 saturated heterocycles. The second-order valence-electron chi connectivity index (χ2n) is 7.18. The van der Waals surface area contributed by atoms with E-state index in [9.17, 15) is 10.2 Å². The predicted octanol–water partition coefficient (Wildman–Crippen LogP) is 3.18. The van der Waals surface area contributed by atoms with Gasteiger partial charge < -0.3 is 20.0 Å². The molecule has 0 radical (unpaired) electrons. The fraction of sp³-hybridized carbons (Fsp3) is 0.364. The molecule has 2 aliphatic heterocycles. The Morgan fingerprint density at radius 1 is 0.700 bits per heavy atom. The lowest BCUT2D eigenvalue weighted by Gasteiger charge is -2.21. The van der Waals surface area contributed by atoms with Crippen molar-refractivity contribution in [2.45, 2.75) is 12.1 Å². The van der Waals surface area contributed by atoms with Gasteiger partial charge in [-0.25, -0.2) is 0 Å². The van der Waals surface area contributed by atoms with Gasteiger partial charge in [0.2, 0.25) is 0 Å². The molecular formula is C22H26N4O2S2. The minimum absolute atomic E-state index is 0.0805. The van der Waals surface area contributed by atoms with Crippen molar-refractivity contribution in [3.63, 3.8) is 0 Å². The van der Waals surface area contributed by atoms with Gasteiger partial charge in [-0.3, -0.25) is 9.98 Å². The zero-order chi connectivity index (χ0) is 20.8. The molecule has 2 aromatic carbocycles. The van der Waals surface area contributed by atoms with Gasteiger partial charge in [-0.15, -0.1) is 0 Å². The number of hydrogen-bond donors (Lipinski definition) is 2. The van der Waals surface area contributed by atoms with Crippen molar-refractivity contribution in [3.05, 3.63) is 71.8 Å². The van der Waals surface area contributed by atoms with Crippen LogP contribution >= 0.6 is 21.6 Å². The van der Waals surface area contributed by atoms with Crippen LogP contribution in [-0.4, -0.2) is 69.7 Å². The number of nitrogens with zero attached hydrogens (tertiary/aromatic N) is 4. The lowest BCUT2D eigenvalue weighted by molar-refractivity contribution is 0.253. The summed E-state index contributed by atoms with van der Waals surface area (Å²) in [5.41, 5.74) is 2.37. The van der Waals surface area contributed by atoms with Gasteiger partial charge in [0.15, 0.2) is 10.3 Å². The van der Waals surface area contributed by atoms with Gasteiger partial charge in [0.1, 0.15) is 0 Å². The Balaban J connectivity index is 1.47. The van der Waals surface area contributed by atoms with Crippen molar-refractivity contribution in [1.82, 2.24) is 9.80 Å². The van der Waals surface area contributed by atoms with Crippen molar-refractivity contribution in [1.29, 1.82) is 0 Å². The molecule has 0 bridgehead atoms. The molecule has 0 saturated carbocycles. The summed E-state index contributed by atoms with van der Waals surface area (Å²) in [6, 6.07) is 20.7. The normalized spacial score (nSPS) is 21.1. The average molecular weight is 443 g/mol. The number of hydrogen-bond acceptors (Lipinski definition) is 8. The predicted molar refractivity (Wildman–Crippen MR) is 126 cm³/mol. The maximum atomic E-state index is 9.48. The molecular weight excluding hydrogens is 416 g/mol. The van der Waals surface area contributed by atoms with E-state index in [1.165, 1.54) is 11.1 Å². The first-order valence-corrected chi connectivity index (χ1v) is 12.2. The summed E-state index contributed by atoms with van der Waals surface area (Å²) in [6.07, 6.45) is 0. The van der Waals surface area contributed by atoms with Gasteiger partial charge >= 0.3 is 0 Å². The molecule has 0 spiro atoms. The SMILES string of the molecule is OCCN1CC(c2ccccc2)N=C1SSC1=NC(c2ccccc2)CN1CCO. The molecule has 2 aliphatic rings. The third-order valence-electron chi connectivity index (χ3n) is 5.16. The van der Waals surface area contributed by atoms with Crippen LogP contribution in [0.3, 0.4) is 0 Å².